The van der Waals surface area contributed by atoms with Crippen molar-refractivity contribution < 1.29 is 0 Å². The average molecular weight is 251 g/mol. The first kappa shape index (κ1) is 14.4. The van der Waals surface area contributed by atoms with Gasteiger partial charge in [-0.15, -0.1) is 0 Å². The van der Waals surface area contributed by atoms with Gasteiger partial charge in [0.1, 0.15) is 0 Å². The molecule has 0 heterocycles. The Labute approximate surface area is 114 Å². The van der Waals surface area contributed by atoms with Gasteiger partial charge in [-0.05, 0) is 63.2 Å². The van der Waals surface area contributed by atoms with Gasteiger partial charge in [0, 0.05) is 12.1 Å². The van der Waals surface area contributed by atoms with Crippen molar-refractivity contribution in [2.24, 2.45) is 17.8 Å². The molecule has 1 heteroatoms. The monoisotopic (exact) mass is 251 g/mol. The molecule has 0 amide bonds. The van der Waals surface area contributed by atoms with Crippen LogP contribution in [-0.2, 0) is 0 Å². The third-order valence-corrected chi connectivity index (χ3v) is 5.57. The van der Waals surface area contributed by atoms with Crippen LogP contribution < -0.4 is 5.32 Å². The SMILES string of the molecule is CC(C)C1CCC(NC(C)C2CCCCC2)CC1. The maximum absolute atomic E-state index is 3.95. The van der Waals surface area contributed by atoms with Gasteiger partial charge in [0.05, 0.1) is 0 Å². The normalized spacial score (nSPS) is 32.7. The molecule has 0 bridgehead atoms. The summed E-state index contributed by atoms with van der Waals surface area (Å²) in [6.07, 6.45) is 13.1. The predicted molar refractivity (Wildman–Crippen MR) is 79.8 cm³/mol. The quantitative estimate of drug-likeness (QED) is 0.759. The summed E-state index contributed by atoms with van der Waals surface area (Å²) in [6, 6.07) is 1.57. The Morgan fingerprint density at radius 1 is 0.722 bits per heavy atom. The van der Waals surface area contributed by atoms with Crippen molar-refractivity contribution in [3.63, 3.8) is 0 Å². The molecule has 1 atom stereocenters. The van der Waals surface area contributed by atoms with Crippen LogP contribution in [0.4, 0.5) is 0 Å². The fourth-order valence-corrected chi connectivity index (χ4v) is 4.09. The molecule has 18 heavy (non-hydrogen) atoms. The zero-order chi connectivity index (χ0) is 13.0. The van der Waals surface area contributed by atoms with Crippen LogP contribution in [0, 0.1) is 17.8 Å². The largest absolute Gasteiger partial charge is 0.311 e. The molecule has 2 saturated carbocycles. The summed E-state index contributed by atoms with van der Waals surface area (Å²) in [5.74, 6) is 2.84. The van der Waals surface area contributed by atoms with Crippen LogP contribution in [0.5, 0.6) is 0 Å². The van der Waals surface area contributed by atoms with E-state index in [2.05, 4.69) is 26.1 Å². The van der Waals surface area contributed by atoms with Crippen molar-refractivity contribution in [3.05, 3.63) is 0 Å². The van der Waals surface area contributed by atoms with Gasteiger partial charge in [0.15, 0.2) is 0 Å². The highest BCUT2D eigenvalue weighted by Crippen LogP contribution is 2.31. The highest BCUT2D eigenvalue weighted by molar-refractivity contribution is 4.83. The summed E-state index contributed by atoms with van der Waals surface area (Å²) >= 11 is 0. The Morgan fingerprint density at radius 3 is 1.89 bits per heavy atom. The van der Waals surface area contributed by atoms with Gasteiger partial charge in [-0.3, -0.25) is 0 Å². The van der Waals surface area contributed by atoms with E-state index in [4.69, 9.17) is 0 Å². The molecule has 2 rings (SSSR count). The third-order valence-electron chi connectivity index (χ3n) is 5.57. The van der Waals surface area contributed by atoms with E-state index < -0.39 is 0 Å². The topological polar surface area (TPSA) is 12.0 Å². The van der Waals surface area contributed by atoms with E-state index in [1.807, 2.05) is 0 Å². The van der Waals surface area contributed by atoms with Gasteiger partial charge >= 0.3 is 0 Å². The van der Waals surface area contributed by atoms with E-state index in [9.17, 15) is 0 Å². The molecule has 0 aliphatic heterocycles. The molecule has 0 radical (unpaired) electrons. The maximum Gasteiger partial charge on any atom is 0.00698 e. The number of nitrogens with one attached hydrogen (secondary N) is 1. The van der Waals surface area contributed by atoms with Crippen LogP contribution in [0.15, 0.2) is 0 Å². The maximum atomic E-state index is 3.95. The minimum atomic E-state index is 0.755. The van der Waals surface area contributed by atoms with Gasteiger partial charge in [-0.2, -0.15) is 0 Å². The summed E-state index contributed by atoms with van der Waals surface area (Å²) in [5, 5.41) is 3.95. The van der Waals surface area contributed by atoms with Crippen molar-refractivity contribution in [3.8, 4) is 0 Å². The molecule has 106 valence electrons. The zero-order valence-corrected chi connectivity index (χ0v) is 12.8. The molecular weight excluding hydrogens is 218 g/mol. The lowest BCUT2D eigenvalue weighted by atomic mass is 9.78. The van der Waals surface area contributed by atoms with E-state index in [-0.39, 0.29) is 0 Å². The summed E-state index contributed by atoms with van der Waals surface area (Å²) in [6.45, 7) is 7.22. The van der Waals surface area contributed by atoms with Crippen LogP contribution in [0.25, 0.3) is 0 Å². The van der Waals surface area contributed by atoms with Crippen LogP contribution in [-0.4, -0.2) is 12.1 Å². The third kappa shape index (κ3) is 3.98. The fraction of sp³-hybridized carbons (Fsp3) is 1.00. The van der Waals surface area contributed by atoms with Crippen LogP contribution in [0.2, 0.25) is 0 Å². The minimum absolute atomic E-state index is 0.755. The standard InChI is InChI=1S/C17H33N/c1-13(2)15-9-11-17(12-10-15)18-14(3)16-7-5-4-6-8-16/h13-18H,4-12H2,1-3H3. The van der Waals surface area contributed by atoms with Crippen molar-refractivity contribution in [1.82, 2.24) is 5.32 Å². The highest BCUT2D eigenvalue weighted by atomic mass is 15.0. The molecule has 0 aromatic heterocycles. The van der Waals surface area contributed by atoms with E-state index in [0.717, 1.165) is 29.8 Å². The molecule has 2 aliphatic carbocycles. The van der Waals surface area contributed by atoms with Crippen molar-refractivity contribution in [1.29, 1.82) is 0 Å². The molecule has 1 nitrogen and oxygen atoms in total. The first-order valence-electron chi connectivity index (χ1n) is 8.43. The number of hydrogen-bond acceptors (Lipinski definition) is 1. The van der Waals surface area contributed by atoms with Gasteiger partial charge in [0.25, 0.3) is 0 Å². The molecule has 0 aromatic carbocycles. The van der Waals surface area contributed by atoms with E-state index in [0.29, 0.717) is 0 Å². The first-order chi connectivity index (χ1) is 8.66. The predicted octanol–water partition coefficient (Wildman–Crippen LogP) is 4.76. The Morgan fingerprint density at radius 2 is 1.33 bits per heavy atom. The number of rotatable bonds is 4. The van der Waals surface area contributed by atoms with Crippen LogP contribution in [0.1, 0.15) is 78.6 Å². The van der Waals surface area contributed by atoms with E-state index >= 15 is 0 Å². The lowest BCUT2D eigenvalue weighted by Gasteiger charge is -2.36. The fourth-order valence-electron chi connectivity index (χ4n) is 4.09. The Kier molecular flexibility index (Phi) is 5.54. The van der Waals surface area contributed by atoms with Crippen molar-refractivity contribution in [2.45, 2.75) is 90.6 Å². The summed E-state index contributed by atoms with van der Waals surface area (Å²) in [4.78, 5) is 0. The molecule has 0 spiro atoms. The second-order valence-electron chi connectivity index (χ2n) is 7.21. The number of hydrogen-bond donors (Lipinski definition) is 1. The lowest BCUT2D eigenvalue weighted by molar-refractivity contribution is 0.202. The average Bonchev–Trinajstić information content (AvgIpc) is 2.40. The Balaban J connectivity index is 1.70. The molecular formula is C17H33N. The molecule has 1 N–H and O–H groups in total. The zero-order valence-electron chi connectivity index (χ0n) is 12.8. The highest BCUT2D eigenvalue weighted by Gasteiger charge is 2.26. The van der Waals surface area contributed by atoms with E-state index in [1.54, 1.807) is 0 Å². The smallest absolute Gasteiger partial charge is 0.00698 e. The van der Waals surface area contributed by atoms with Gasteiger partial charge in [-0.1, -0.05) is 33.1 Å². The van der Waals surface area contributed by atoms with Gasteiger partial charge in [0.2, 0.25) is 0 Å². The molecule has 2 fully saturated rings. The summed E-state index contributed by atoms with van der Waals surface area (Å²) in [7, 11) is 0. The Hall–Kier alpha value is -0.0400. The first-order valence-corrected chi connectivity index (χ1v) is 8.43. The molecule has 2 aliphatic rings. The minimum Gasteiger partial charge on any atom is -0.311 e. The van der Waals surface area contributed by atoms with Crippen molar-refractivity contribution >= 4 is 0 Å². The molecule has 0 saturated heterocycles. The second-order valence-corrected chi connectivity index (χ2v) is 7.21. The Bertz CT molecular complexity index is 222. The summed E-state index contributed by atoms with van der Waals surface area (Å²) < 4.78 is 0. The van der Waals surface area contributed by atoms with Gasteiger partial charge < -0.3 is 5.32 Å². The summed E-state index contributed by atoms with van der Waals surface area (Å²) in [5.41, 5.74) is 0. The van der Waals surface area contributed by atoms with Crippen molar-refractivity contribution in [2.75, 3.05) is 0 Å². The lowest BCUT2D eigenvalue weighted by Crippen LogP contribution is -2.43. The molecule has 0 aromatic rings. The van der Waals surface area contributed by atoms with E-state index in [1.165, 1.54) is 57.8 Å². The molecule has 1 unspecified atom stereocenters. The second kappa shape index (κ2) is 6.93. The van der Waals surface area contributed by atoms with Gasteiger partial charge in [-0.25, -0.2) is 0 Å². The van der Waals surface area contributed by atoms with Crippen LogP contribution >= 0.6 is 0 Å². The van der Waals surface area contributed by atoms with Crippen LogP contribution in [0.3, 0.4) is 0 Å².